The Morgan fingerprint density at radius 2 is 2.05 bits per heavy atom. The van der Waals surface area contributed by atoms with E-state index in [0.717, 1.165) is 0 Å². The highest BCUT2D eigenvalue weighted by atomic mass is 16.5. The quantitative estimate of drug-likeness (QED) is 0.761. The molecular weight excluding hydrogens is 280 g/mol. The van der Waals surface area contributed by atoms with E-state index in [-0.39, 0.29) is 11.8 Å². The van der Waals surface area contributed by atoms with Crippen molar-refractivity contribution in [3.8, 4) is 5.75 Å². The lowest BCUT2D eigenvalue weighted by Gasteiger charge is -2.11. The summed E-state index contributed by atoms with van der Waals surface area (Å²) in [6, 6.07) is 7.21. The maximum Gasteiger partial charge on any atom is 0.221 e. The van der Waals surface area contributed by atoms with Gasteiger partial charge in [0.1, 0.15) is 12.4 Å². The summed E-state index contributed by atoms with van der Waals surface area (Å²) in [5, 5.41) is 5.60. The largest absolute Gasteiger partial charge is 0.492 e. The summed E-state index contributed by atoms with van der Waals surface area (Å²) in [5.74, 6) is 1.24. The van der Waals surface area contributed by atoms with Gasteiger partial charge in [-0.05, 0) is 30.9 Å². The van der Waals surface area contributed by atoms with Gasteiger partial charge in [0.25, 0.3) is 0 Å². The Bertz CT molecular complexity index is 510. The normalized spacial score (nSPS) is 14.6. The molecule has 0 spiro atoms. The van der Waals surface area contributed by atoms with Crippen LogP contribution >= 0.6 is 0 Å². The number of carbonyl (C=O) groups is 2. The summed E-state index contributed by atoms with van der Waals surface area (Å²) in [5.41, 5.74) is 0.704. The van der Waals surface area contributed by atoms with Crippen LogP contribution in [-0.2, 0) is 9.59 Å². The second-order valence-electron chi connectivity index (χ2n) is 5.76. The average Bonchev–Trinajstić information content (AvgIpc) is 2.96. The average molecular weight is 304 g/mol. The van der Waals surface area contributed by atoms with Gasteiger partial charge in [0.15, 0.2) is 0 Å². The molecule has 0 radical (unpaired) electrons. The number of nitrogens with one attached hydrogen (secondary N) is 2. The van der Waals surface area contributed by atoms with Crippen molar-refractivity contribution in [3.63, 3.8) is 0 Å². The van der Waals surface area contributed by atoms with E-state index in [1.807, 2.05) is 12.1 Å². The minimum atomic E-state index is -0.115. The smallest absolute Gasteiger partial charge is 0.221 e. The van der Waals surface area contributed by atoms with E-state index < -0.39 is 0 Å². The zero-order valence-electron chi connectivity index (χ0n) is 13.1. The molecule has 1 aliphatic rings. The van der Waals surface area contributed by atoms with Crippen LogP contribution in [-0.4, -0.2) is 25.0 Å². The van der Waals surface area contributed by atoms with Gasteiger partial charge in [-0.15, -0.1) is 0 Å². The SMILES string of the molecule is CC(=O)Nc1cccc(OCCNC(=O)CC2CCCC2)c1. The van der Waals surface area contributed by atoms with Crippen LogP contribution in [0.15, 0.2) is 24.3 Å². The van der Waals surface area contributed by atoms with Crippen LogP contribution in [0.1, 0.15) is 39.0 Å². The molecule has 5 nitrogen and oxygen atoms in total. The van der Waals surface area contributed by atoms with Gasteiger partial charge in [0, 0.05) is 25.1 Å². The summed E-state index contributed by atoms with van der Waals surface area (Å²) in [7, 11) is 0. The topological polar surface area (TPSA) is 67.4 Å². The zero-order chi connectivity index (χ0) is 15.8. The van der Waals surface area contributed by atoms with Gasteiger partial charge in [-0.1, -0.05) is 18.9 Å². The van der Waals surface area contributed by atoms with Gasteiger partial charge in [-0.2, -0.15) is 0 Å². The molecule has 5 heteroatoms. The predicted octanol–water partition coefficient (Wildman–Crippen LogP) is 2.72. The highest BCUT2D eigenvalue weighted by Gasteiger charge is 2.17. The van der Waals surface area contributed by atoms with Crippen molar-refractivity contribution < 1.29 is 14.3 Å². The monoisotopic (exact) mass is 304 g/mol. The van der Waals surface area contributed by atoms with Crippen LogP contribution in [0.25, 0.3) is 0 Å². The first-order valence-electron chi connectivity index (χ1n) is 7.90. The fraction of sp³-hybridized carbons (Fsp3) is 0.529. The van der Waals surface area contributed by atoms with Crippen LogP contribution in [0, 0.1) is 5.92 Å². The number of rotatable bonds is 7. The molecule has 1 aliphatic carbocycles. The van der Waals surface area contributed by atoms with Gasteiger partial charge in [-0.25, -0.2) is 0 Å². The Hall–Kier alpha value is -2.04. The molecule has 22 heavy (non-hydrogen) atoms. The van der Waals surface area contributed by atoms with Gasteiger partial charge in [-0.3, -0.25) is 9.59 Å². The van der Waals surface area contributed by atoms with E-state index >= 15 is 0 Å². The van der Waals surface area contributed by atoms with Crippen molar-refractivity contribution in [3.05, 3.63) is 24.3 Å². The first kappa shape index (κ1) is 16.3. The van der Waals surface area contributed by atoms with Crippen LogP contribution in [0.3, 0.4) is 0 Å². The molecule has 2 N–H and O–H groups in total. The van der Waals surface area contributed by atoms with E-state index in [2.05, 4.69) is 10.6 Å². The predicted molar refractivity (Wildman–Crippen MR) is 85.8 cm³/mol. The highest BCUT2D eigenvalue weighted by Crippen LogP contribution is 2.27. The number of benzene rings is 1. The molecule has 0 atom stereocenters. The van der Waals surface area contributed by atoms with Crippen LogP contribution in [0.2, 0.25) is 0 Å². The van der Waals surface area contributed by atoms with Gasteiger partial charge >= 0.3 is 0 Å². The molecule has 0 bridgehead atoms. The third kappa shape index (κ3) is 5.76. The first-order chi connectivity index (χ1) is 10.6. The number of amides is 2. The van der Waals surface area contributed by atoms with Crippen molar-refractivity contribution in [2.24, 2.45) is 5.92 Å². The molecule has 1 fully saturated rings. The summed E-state index contributed by atoms with van der Waals surface area (Å²) >= 11 is 0. The molecule has 1 aromatic rings. The summed E-state index contributed by atoms with van der Waals surface area (Å²) in [4.78, 5) is 22.8. The van der Waals surface area contributed by atoms with E-state index in [4.69, 9.17) is 4.74 Å². The van der Waals surface area contributed by atoms with E-state index in [0.29, 0.717) is 36.9 Å². The summed E-state index contributed by atoms with van der Waals surface area (Å²) < 4.78 is 5.58. The first-order valence-corrected chi connectivity index (χ1v) is 7.90. The fourth-order valence-corrected chi connectivity index (χ4v) is 2.78. The Morgan fingerprint density at radius 1 is 1.27 bits per heavy atom. The highest BCUT2D eigenvalue weighted by molar-refractivity contribution is 5.88. The van der Waals surface area contributed by atoms with Crippen molar-refractivity contribution in [2.75, 3.05) is 18.5 Å². The number of ether oxygens (including phenoxy) is 1. The van der Waals surface area contributed by atoms with Crippen LogP contribution in [0.4, 0.5) is 5.69 Å². The molecule has 0 unspecified atom stereocenters. The molecule has 2 rings (SSSR count). The maximum atomic E-state index is 11.8. The molecular formula is C17H24N2O3. The lowest BCUT2D eigenvalue weighted by atomic mass is 10.0. The Labute approximate surface area is 131 Å². The standard InChI is InChI=1S/C17H24N2O3/c1-13(20)19-15-7-4-8-16(12-15)22-10-9-18-17(21)11-14-5-2-3-6-14/h4,7-8,12,14H,2-3,5-6,9-11H2,1H3,(H,18,21)(H,19,20). The van der Waals surface area contributed by atoms with Gasteiger partial charge in [0.2, 0.25) is 11.8 Å². The minimum absolute atomic E-state index is 0.113. The number of anilines is 1. The Balaban J connectivity index is 1.65. The van der Waals surface area contributed by atoms with Crippen molar-refractivity contribution in [2.45, 2.75) is 39.0 Å². The number of hydrogen-bond acceptors (Lipinski definition) is 3. The molecule has 120 valence electrons. The maximum absolute atomic E-state index is 11.8. The molecule has 1 saturated carbocycles. The zero-order valence-corrected chi connectivity index (χ0v) is 13.1. The molecule has 1 aromatic carbocycles. The van der Waals surface area contributed by atoms with Gasteiger partial charge in [0.05, 0.1) is 6.54 Å². The third-order valence-electron chi connectivity index (χ3n) is 3.80. The van der Waals surface area contributed by atoms with Crippen molar-refractivity contribution in [1.82, 2.24) is 5.32 Å². The Kier molecular flexibility index (Phi) is 6.25. The van der Waals surface area contributed by atoms with E-state index in [1.54, 1.807) is 12.1 Å². The van der Waals surface area contributed by atoms with Crippen molar-refractivity contribution >= 4 is 17.5 Å². The molecule has 0 aliphatic heterocycles. The second-order valence-corrected chi connectivity index (χ2v) is 5.76. The summed E-state index contributed by atoms with van der Waals surface area (Å²) in [6.07, 6.45) is 5.51. The van der Waals surface area contributed by atoms with Crippen LogP contribution in [0.5, 0.6) is 5.75 Å². The second kappa shape index (κ2) is 8.41. The van der Waals surface area contributed by atoms with Crippen molar-refractivity contribution in [1.29, 1.82) is 0 Å². The third-order valence-corrected chi connectivity index (χ3v) is 3.80. The molecule has 0 heterocycles. The van der Waals surface area contributed by atoms with E-state index in [9.17, 15) is 9.59 Å². The fourth-order valence-electron chi connectivity index (χ4n) is 2.78. The summed E-state index contributed by atoms with van der Waals surface area (Å²) in [6.45, 7) is 2.38. The molecule has 0 aromatic heterocycles. The number of hydrogen-bond donors (Lipinski definition) is 2. The lowest BCUT2D eigenvalue weighted by molar-refractivity contribution is -0.122. The molecule has 0 saturated heterocycles. The van der Waals surface area contributed by atoms with Gasteiger partial charge < -0.3 is 15.4 Å². The Morgan fingerprint density at radius 3 is 2.77 bits per heavy atom. The van der Waals surface area contributed by atoms with E-state index in [1.165, 1.54) is 32.6 Å². The van der Waals surface area contributed by atoms with Crippen LogP contribution < -0.4 is 15.4 Å². The minimum Gasteiger partial charge on any atom is -0.492 e. The number of carbonyl (C=O) groups excluding carboxylic acids is 2. The lowest BCUT2D eigenvalue weighted by Crippen LogP contribution is -2.29. The molecule has 2 amide bonds.